The molecule has 1 N–H and O–H groups in total. The molecule has 0 radical (unpaired) electrons. The van der Waals surface area contributed by atoms with Crippen LogP contribution in [-0.2, 0) is 6.42 Å². The molecule has 0 saturated heterocycles. The van der Waals surface area contributed by atoms with E-state index in [9.17, 15) is 5.11 Å². The molecule has 0 fully saturated rings. The molecule has 3 nitrogen and oxygen atoms in total. The summed E-state index contributed by atoms with van der Waals surface area (Å²) < 4.78 is 5.12. The predicted octanol–water partition coefficient (Wildman–Crippen LogP) is 1.81. The number of nitrogens with zero attached hydrogens (tertiary/aromatic N) is 1. The highest BCUT2D eigenvalue weighted by Crippen LogP contribution is 2.35. The molecule has 1 aromatic carbocycles. The lowest BCUT2D eigenvalue weighted by Gasteiger charge is -2.25. The molecule has 1 aliphatic carbocycles. The first-order valence-electron chi connectivity index (χ1n) is 5.00. The van der Waals surface area contributed by atoms with Gasteiger partial charge >= 0.3 is 0 Å². The van der Waals surface area contributed by atoms with Gasteiger partial charge in [0, 0.05) is 0 Å². The Morgan fingerprint density at radius 1 is 1.53 bits per heavy atom. The summed E-state index contributed by atoms with van der Waals surface area (Å²) in [6.45, 7) is 0. The molecule has 1 aromatic rings. The van der Waals surface area contributed by atoms with Crippen LogP contribution in [0.2, 0.25) is 0 Å². The highest BCUT2D eigenvalue weighted by Gasteiger charge is 2.27. The summed E-state index contributed by atoms with van der Waals surface area (Å²) in [7, 11) is 1.62. The third-order valence-electron chi connectivity index (χ3n) is 2.94. The van der Waals surface area contributed by atoms with Crippen LogP contribution in [0.3, 0.4) is 0 Å². The van der Waals surface area contributed by atoms with Gasteiger partial charge in [-0.1, -0.05) is 6.07 Å². The Labute approximate surface area is 88.9 Å². The molecular weight excluding hydrogens is 190 g/mol. The molecule has 78 valence electrons. The van der Waals surface area contributed by atoms with Crippen molar-refractivity contribution in [3.63, 3.8) is 0 Å². The fraction of sp³-hybridized carbons (Fsp3) is 0.417. The number of hydrogen-bond acceptors (Lipinski definition) is 3. The van der Waals surface area contributed by atoms with Gasteiger partial charge in [-0.25, -0.2) is 0 Å². The monoisotopic (exact) mass is 203 g/mol. The third-order valence-corrected chi connectivity index (χ3v) is 2.94. The van der Waals surface area contributed by atoms with E-state index in [-0.39, 0.29) is 5.92 Å². The maximum atomic E-state index is 9.92. The summed E-state index contributed by atoms with van der Waals surface area (Å²) in [5.41, 5.74) is 1.96. The van der Waals surface area contributed by atoms with E-state index < -0.39 is 6.10 Å². The Hall–Kier alpha value is -1.53. The lowest BCUT2D eigenvalue weighted by Crippen LogP contribution is -2.19. The number of fused-ring (bicyclic) bond motifs is 1. The van der Waals surface area contributed by atoms with Gasteiger partial charge in [0.25, 0.3) is 0 Å². The zero-order valence-electron chi connectivity index (χ0n) is 8.60. The number of hydrogen-bond donors (Lipinski definition) is 1. The second-order valence-electron chi connectivity index (χ2n) is 3.78. The van der Waals surface area contributed by atoms with E-state index in [2.05, 4.69) is 6.07 Å². The van der Waals surface area contributed by atoms with Gasteiger partial charge in [0.15, 0.2) is 0 Å². The molecule has 0 aliphatic heterocycles. The maximum Gasteiger partial charge on any atom is 0.119 e. The third kappa shape index (κ3) is 1.69. The molecule has 1 aliphatic rings. The average molecular weight is 203 g/mol. The molecule has 15 heavy (non-hydrogen) atoms. The molecular formula is C12H13NO2. The minimum atomic E-state index is -0.648. The molecule has 2 rings (SSSR count). The van der Waals surface area contributed by atoms with Crippen LogP contribution in [0.5, 0.6) is 5.75 Å². The summed E-state index contributed by atoms with van der Waals surface area (Å²) in [6, 6.07) is 7.75. The van der Waals surface area contributed by atoms with Crippen molar-refractivity contribution in [2.45, 2.75) is 18.9 Å². The van der Waals surface area contributed by atoms with E-state index in [0.717, 1.165) is 29.7 Å². The number of aliphatic hydroxyl groups excluding tert-OH is 1. The van der Waals surface area contributed by atoms with Crippen LogP contribution in [0.4, 0.5) is 0 Å². The number of aryl methyl sites for hydroxylation is 1. The molecule has 0 bridgehead atoms. The van der Waals surface area contributed by atoms with Crippen molar-refractivity contribution in [2.24, 2.45) is 5.92 Å². The van der Waals surface area contributed by atoms with Crippen molar-refractivity contribution < 1.29 is 9.84 Å². The summed E-state index contributed by atoms with van der Waals surface area (Å²) in [5, 5.41) is 18.8. The number of methoxy groups -OCH3 is 1. The highest BCUT2D eigenvalue weighted by molar-refractivity contribution is 5.39. The fourth-order valence-electron chi connectivity index (χ4n) is 2.03. The molecule has 0 saturated carbocycles. The van der Waals surface area contributed by atoms with Crippen LogP contribution in [0.1, 0.15) is 23.7 Å². The van der Waals surface area contributed by atoms with Gasteiger partial charge in [-0.3, -0.25) is 0 Å². The Morgan fingerprint density at radius 2 is 2.33 bits per heavy atom. The van der Waals surface area contributed by atoms with E-state index in [1.165, 1.54) is 0 Å². The molecule has 2 atom stereocenters. The predicted molar refractivity (Wildman–Crippen MR) is 55.4 cm³/mol. The highest BCUT2D eigenvalue weighted by atomic mass is 16.5. The van der Waals surface area contributed by atoms with Gasteiger partial charge in [-0.15, -0.1) is 0 Å². The van der Waals surface area contributed by atoms with Gasteiger partial charge < -0.3 is 9.84 Å². The minimum absolute atomic E-state index is 0.272. The first-order valence-corrected chi connectivity index (χ1v) is 5.00. The Morgan fingerprint density at radius 3 is 3.00 bits per heavy atom. The van der Waals surface area contributed by atoms with Gasteiger partial charge in [0.1, 0.15) is 5.75 Å². The van der Waals surface area contributed by atoms with Crippen LogP contribution in [-0.4, -0.2) is 12.2 Å². The van der Waals surface area contributed by atoms with Gasteiger partial charge in [-0.2, -0.15) is 5.26 Å². The number of rotatable bonds is 1. The smallest absolute Gasteiger partial charge is 0.119 e. The van der Waals surface area contributed by atoms with Crippen molar-refractivity contribution in [3.8, 4) is 11.8 Å². The topological polar surface area (TPSA) is 53.2 Å². The molecule has 0 aromatic heterocycles. The summed E-state index contributed by atoms with van der Waals surface area (Å²) >= 11 is 0. The lowest BCUT2D eigenvalue weighted by molar-refractivity contribution is 0.121. The van der Waals surface area contributed by atoms with E-state index in [0.29, 0.717) is 0 Å². The minimum Gasteiger partial charge on any atom is -0.497 e. The Kier molecular flexibility index (Phi) is 2.61. The molecule has 3 heteroatoms. The van der Waals surface area contributed by atoms with Crippen LogP contribution in [0.15, 0.2) is 18.2 Å². The maximum absolute atomic E-state index is 9.92. The van der Waals surface area contributed by atoms with E-state index >= 15 is 0 Å². The van der Waals surface area contributed by atoms with E-state index in [1.54, 1.807) is 7.11 Å². The molecule has 0 heterocycles. The van der Waals surface area contributed by atoms with Crippen molar-refractivity contribution >= 4 is 0 Å². The lowest BCUT2D eigenvalue weighted by atomic mass is 9.82. The molecule has 0 amide bonds. The van der Waals surface area contributed by atoms with Crippen LogP contribution in [0, 0.1) is 17.2 Å². The van der Waals surface area contributed by atoms with Crippen molar-refractivity contribution in [1.82, 2.24) is 0 Å². The zero-order chi connectivity index (χ0) is 10.8. The first-order chi connectivity index (χ1) is 7.26. The quantitative estimate of drug-likeness (QED) is 0.757. The standard InChI is InChI=1S/C12H13NO2/c1-15-10-4-5-11-8(6-10)2-3-9(7-13)12(11)14/h4-6,9,12,14H,2-3H2,1H3. The van der Waals surface area contributed by atoms with Crippen LogP contribution >= 0.6 is 0 Å². The largest absolute Gasteiger partial charge is 0.497 e. The summed E-state index contributed by atoms with van der Waals surface area (Å²) in [6.07, 6.45) is 0.907. The number of aliphatic hydroxyl groups is 1. The zero-order valence-corrected chi connectivity index (χ0v) is 8.60. The fourth-order valence-corrected chi connectivity index (χ4v) is 2.03. The SMILES string of the molecule is COc1ccc2c(c1)CCC(C#N)C2O. The second kappa shape index (κ2) is 3.92. The Balaban J connectivity index is 2.38. The summed E-state index contributed by atoms with van der Waals surface area (Å²) in [4.78, 5) is 0. The molecule has 2 unspecified atom stereocenters. The number of nitriles is 1. The average Bonchev–Trinajstić information content (AvgIpc) is 2.29. The van der Waals surface area contributed by atoms with Gasteiger partial charge in [0.05, 0.1) is 25.2 Å². The number of ether oxygens (including phenoxy) is 1. The van der Waals surface area contributed by atoms with Crippen molar-refractivity contribution in [1.29, 1.82) is 5.26 Å². The Bertz CT molecular complexity index is 409. The van der Waals surface area contributed by atoms with E-state index in [4.69, 9.17) is 10.00 Å². The van der Waals surface area contributed by atoms with Crippen molar-refractivity contribution in [3.05, 3.63) is 29.3 Å². The normalized spacial score (nSPS) is 24.1. The van der Waals surface area contributed by atoms with Gasteiger partial charge in [-0.05, 0) is 36.1 Å². The second-order valence-corrected chi connectivity index (χ2v) is 3.78. The van der Waals surface area contributed by atoms with E-state index in [1.807, 2.05) is 18.2 Å². The number of benzene rings is 1. The first kappa shape index (κ1) is 10.0. The van der Waals surface area contributed by atoms with Crippen LogP contribution < -0.4 is 4.74 Å². The summed E-state index contributed by atoms with van der Waals surface area (Å²) in [5.74, 6) is 0.530. The molecule has 0 spiro atoms. The van der Waals surface area contributed by atoms with Crippen LogP contribution in [0.25, 0.3) is 0 Å². The van der Waals surface area contributed by atoms with Gasteiger partial charge in [0.2, 0.25) is 0 Å². The van der Waals surface area contributed by atoms with Crippen molar-refractivity contribution in [2.75, 3.05) is 7.11 Å².